The van der Waals surface area contributed by atoms with Gasteiger partial charge in [-0.2, -0.15) is 5.10 Å². The number of amides is 1. The Kier molecular flexibility index (Phi) is 6.22. The number of aliphatic carboxylic acids is 1. The maximum atomic E-state index is 13.3. The smallest absolute Gasteiger partial charge is 0.411 e. The second kappa shape index (κ2) is 9.10. The largest absolute Gasteiger partial charge is 0.479 e. The number of fused-ring (bicyclic) bond motifs is 3. The molecule has 1 heterocycles. The molecular weight excluding hydrogens is 418 g/mol. The van der Waals surface area contributed by atoms with E-state index in [1.807, 2.05) is 31.2 Å². The summed E-state index contributed by atoms with van der Waals surface area (Å²) in [5.74, 6) is -1.21. The van der Waals surface area contributed by atoms with Crippen molar-refractivity contribution in [3.63, 3.8) is 0 Å². The Balaban J connectivity index is 1.61. The lowest BCUT2D eigenvalue weighted by Gasteiger charge is -2.32. The van der Waals surface area contributed by atoms with Gasteiger partial charge in [0.15, 0.2) is 6.04 Å². The Morgan fingerprint density at radius 1 is 1.09 bits per heavy atom. The number of carboxylic acid groups (broad SMARTS) is 1. The van der Waals surface area contributed by atoms with Crippen LogP contribution in [-0.4, -0.2) is 44.5 Å². The van der Waals surface area contributed by atoms with Crippen LogP contribution < -0.4 is 0 Å². The van der Waals surface area contributed by atoms with Gasteiger partial charge in [0, 0.05) is 30.8 Å². The summed E-state index contributed by atoms with van der Waals surface area (Å²) < 4.78 is 7.38. The zero-order valence-corrected chi connectivity index (χ0v) is 19.4. The second-order valence-corrected chi connectivity index (χ2v) is 8.60. The first kappa shape index (κ1) is 22.6. The molecule has 1 atom stereocenters. The molecule has 0 radical (unpaired) electrons. The SMILES string of the molecule is CCc1nn(C)cc1C(C(=O)O)N(C(=O)OCC1c2ccccc2-c2ccccc21)C(C)C. The molecule has 172 valence electrons. The van der Waals surface area contributed by atoms with Crippen molar-refractivity contribution < 1.29 is 19.4 Å². The summed E-state index contributed by atoms with van der Waals surface area (Å²) in [6, 6.07) is 14.7. The third-order valence-electron chi connectivity index (χ3n) is 6.18. The molecule has 1 aliphatic rings. The third-order valence-corrected chi connectivity index (χ3v) is 6.18. The fourth-order valence-corrected chi connectivity index (χ4v) is 4.74. The molecule has 0 aliphatic heterocycles. The molecule has 0 saturated carbocycles. The van der Waals surface area contributed by atoms with Crippen LogP contribution in [-0.2, 0) is 23.0 Å². The van der Waals surface area contributed by atoms with Crippen LogP contribution in [0.15, 0.2) is 54.7 Å². The zero-order chi connectivity index (χ0) is 23.7. The van der Waals surface area contributed by atoms with Gasteiger partial charge in [-0.3, -0.25) is 9.58 Å². The highest BCUT2D eigenvalue weighted by Crippen LogP contribution is 2.44. The lowest BCUT2D eigenvalue weighted by Crippen LogP contribution is -2.44. The number of hydrogen-bond donors (Lipinski definition) is 1. The van der Waals surface area contributed by atoms with Crippen molar-refractivity contribution in [3.05, 3.63) is 77.1 Å². The van der Waals surface area contributed by atoms with Crippen LogP contribution in [0.3, 0.4) is 0 Å². The van der Waals surface area contributed by atoms with Gasteiger partial charge in [0.1, 0.15) is 6.61 Å². The standard InChI is InChI=1S/C26H29N3O4/c1-5-23-21(14-28(4)27-23)24(25(30)31)29(16(2)3)26(32)33-15-22-19-12-8-6-10-17(19)18-11-7-9-13-20(18)22/h6-14,16,22,24H,5,15H2,1-4H3,(H,30,31). The highest BCUT2D eigenvalue weighted by molar-refractivity contribution is 5.82. The van der Waals surface area contributed by atoms with Gasteiger partial charge >= 0.3 is 12.1 Å². The van der Waals surface area contributed by atoms with Crippen molar-refractivity contribution in [2.45, 2.75) is 45.2 Å². The van der Waals surface area contributed by atoms with Crippen LogP contribution in [0.4, 0.5) is 4.79 Å². The van der Waals surface area contributed by atoms with Crippen LogP contribution in [0.25, 0.3) is 11.1 Å². The van der Waals surface area contributed by atoms with Crippen LogP contribution in [0.2, 0.25) is 0 Å². The van der Waals surface area contributed by atoms with Crippen molar-refractivity contribution in [2.75, 3.05) is 6.61 Å². The van der Waals surface area contributed by atoms with E-state index < -0.39 is 18.1 Å². The average molecular weight is 448 g/mol. The van der Waals surface area contributed by atoms with Crippen molar-refractivity contribution in [1.82, 2.24) is 14.7 Å². The van der Waals surface area contributed by atoms with Crippen LogP contribution in [0, 0.1) is 0 Å². The molecule has 0 fully saturated rings. The molecule has 3 aromatic rings. The predicted octanol–water partition coefficient (Wildman–Crippen LogP) is 4.77. The van der Waals surface area contributed by atoms with Crippen molar-refractivity contribution in [2.24, 2.45) is 7.05 Å². The van der Waals surface area contributed by atoms with Gasteiger partial charge in [-0.25, -0.2) is 9.59 Å². The first-order valence-electron chi connectivity index (χ1n) is 11.2. The minimum absolute atomic E-state index is 0.0942. The van der Waals surface area contributed by atoms with E-state index in [9.17, 15) is 14.7 Å². The molecule has 7 nitrogen and oxygen atoms in total. The van der Waals surface area contributed by atoms with Gasteiger partial charge in [-0.1, -0.05) is 55.5 Å². The fourth-order valence-electron chi connectivity index (χ4n) is 4.74. The van der Waals surface area contributed by atoms with Crippen molar-refractivity contribution in [3.8, 4) is 11.1 Å². The molecule has 1 amide bonds. The molecular formula is C26H29N3O4. The molecule has 0 saturated heterocycles. The van der Waals surface area contributed by atoms with E-state index in [2.05, 4.69) is 29.4 Å². The predicted molar refractivity (Wildman–Crippen MR) is 125 cm³/mol. The van der Waals surface area contributed by atoms with Gasteiger partial charge in [-0.15, -0.1) is 0 Å². The molecule has 2 aromatic carbocycles. The summed E-state index contributed by atoms with van der Waals surface area (Å²) in [5.41, 5.74) is 5.66. The van der Waals surface area contributed by atoms with Gasteiger partial charge in [0.2, 0.25) is 0 Å². The maximum absolute atomic E-state index is 13.3. The number of aromatic nitrogens is 2. The number of carbonyl (C=O) groups is 2. The second-order valence-electron chi connectivity index (χ2n) is 8.60. The summed E-state index contributed by atoms with van der Waals surface area (Å²) in [6.45, 7) is 5.63. The maximum Gasteiger partial charge on any atom is 0.411 e. The number of benzene rings is 2. The number of carboxylic acids is 1. The van der Waals surface area contributed by atoms with Gasteiger partial charge in [0.25, 0.3) is 0 Å². The highest BCUT2D eigenvalue weighted by atomic mass is 16.6. The molecule has 1 unspecified atom stereocenters. The van der Waals surface area contributed by atoms with Crippen molar-refractivity contribution >= 4 is 12.1 Å². The average Bonchev–Trinajstić information content (AvgIpc) is 3.32. The monoisotopic (exact) mass is 447 g/mol. The molecule has 33 heavy (non-hydrogen) atoms. The first-order valence-corrected chi connectivity index (χ1v) is 11.2. The van der Waals surface area contributed by atoms with Gasteiger partial charge < -0.3 is 9.84 Å². The van der Waals surface area contributed by atoms with Crippen LogP contribution in [0.5, 0.6) is 0 Å². The normalized spacial score (nSPS) is 13.5. The molecule has 1 aromatic heterocycles. The Bertz CT molecular complexity index is 1140. The number of carbonyl (C=O) groups excluding carboxylic acids is 1. The number of aryl methyl sites for hydroxylation is 2. The van der Waals surface area contributed by atoms with E-state index in [0.29, 0.717) is 17.7 Å². The van der Waals surface area contributed by atoms with E-state index in [1.165, 1.54) is 4.90 Å². The van der Waals surface area contributed by atoms with Gasteiger partial charge in [-0.05, 0) is 42.5 Å². The Labute approximate surface area is 193 Å². The van der Waals surface area contributed by atoms with E-state index in [1.54, 1.807) is 31.8 Å². The topological polar surface area (TPSA) is 84.7 Å². The molecule has 1 N–H and O–H groups in total. The minimum Gasteiger partial charge on any atom is -0.479 e. The summed E-state index contributed by atoms with van der Waals surface area (Å²) in [5, 5.41) is 14.4. The van der Waals surface area contributed by atoms with Crippen molar-refractivity contribution in [1.29, 1.82) is 0 Å². The number of hydrogen-bond acceptors (Lipinski definition) is 4. The minimum atomic E-state index is -1.18. The molecule has 1 aliphatic carbocycles. The molecule has 7 heteroatoms. The number of ether oxygens (including phenoxy) is 1. The summed E-state index contributed by atoms with van der Waals surface area (Å²) >= 11 is 0. The molecule has 4 rings (SSSR count). The van der Waals surface area contributed by atoms with E-state index in [0.717, 1.165) is 22.3 Å². The third kappa shape index (κ3) is 4.11. The van der Waals surface area contributed by atoms with Crippen LogP contribution in [0.1, 0.15) is 55.1 Å². The number of nitrogens with zero attached hydrogens (tertiary/aromatic N) is 3. The number of rotatable bonds is 7. The summed E-state index contributed by atoms with van der Waals surface area (Å²) in [4.78, 5) is 26.9. The Hall–Kier alpha value is -3.61. The quantitative estimate of drug-likeness (QED) is 0.564. The zero-order valence-electron chi connectivity index (χ0n) is 19.4. The lowest BCUT2D eigenvalue weighted by molar-refractivity contribution is -0.143. The first-order chi connectivity index (χ1) is 15.8. The van der Waals surface area contributed by atoms with Gasteiger partial charge in [0.05, 0.1) is 5.69 Å². The molecule has 0 bridgehead atoms. The Morgan fingerprint density at radius 3 is 2.18 bits per heavy atom. The van der Waals surface area contributed by atoms with E-state index in [-0.39, 0.29) is 18.6 Å². The highest BCUT2D eigenvalue weighted by Gasteiger charge is 2.38. The molecule has 0 spiro atoms. The Morgan fingerprint density at radius 2 is 1.67 bits per heavy atom. The lowest BCUT2D eigenvalue weighted by atomic mass is 9.98. The summed E-state index contributed by atoms with van der Waals surface area (Å²) in [6.07, 6.45) is 1.59. The summed E-state index contributed by atoms with van der Waals surface area (Å²) in [7, 11) is 1.74. The van der Waals surface area contributed by atoms with E-state index >= 15 is 0 Å². The van der Waals surface area contributed by atoms with Crippen LogP contribution >= 0.6 is 0 Å². The van der Waals surface area contributed by atoms with E-state index in [4.69, 9.17) is 4.74 Å². The fraction of sp³-hybridized carbons (Fsp3) is 0.346.